The van der Waals surface area contributed by atoms with E-state index >= 15 is 0 Å². The maximum Gasteiger partial charge on any atom is 0.337 e. The lowest BCUT2D eigenvalue weighted by atomic mass is 9.85. The Morgan fingerprint density at radius 3 is 2.07 bits per heavy atom. The van der Waals surface area contributed by atoms with E-state index in [2.05, 4.69) is 31.4 Å². The summed E-state index contributed by atoms with van der Waals surface area (Å²) in [5, 5.41) is 5.59. The highest BCUT2D eigenvalue weighted by Crippen LogP contribution is 2.31. The van der Waals surface area contributed by atoms with Gasteiger partial charge in [0.15, 0.2) is 0 Å². The van der Waals surface area contributed by atoms with E-state index in [0.29, 0.717) is 16.9 Å². The molecule has 29 heavy (non-hydrogen) atoms. The van der Waals surface area contributed by atoms with E-state index in [-0.39, 0.29) is 5.41 Å². The Morgan fingerprint density at radius 1 is 0.828 bits per heavy atom. The predicted molar refractivity (Wildman–Crippen MR) is 114 cm³/mol. The van der Waals surface area contributed by atoms with Crippen LogP contribution in [0.4, 0.5) is 11.4 Å². The number of anilines is 2. The standard InChI is InChI=1S/C23H28N2O4/c1-22(2,3)17-12-7-8-13-18(17)25-21(28)23(4,5)20(27)24-16-11-9-10-15(14-16)19(26)29-6/h7-14H,1-6H3,(H,24,27)(H,25,28). The molecule has 2 amide bonds. The van der Waals surface area contributed by atoms with E-state index < -0.39 is 23.2 Å². The maximum atomic E-state index is 12.9. The molecule has 0 aromatic heterocycles. The minimum absolute atomic E-state index is 0.162. The van der Waals surface area contributed by atoms with E-state index in [9.17, 15) is 14.4 Å². The molecule has 2 aromatic carbocycles. The molecule has 2 N–H and O–H groups in total. The quantitative estimate of drug-likeness (QED) is 0.580. The highest BCUT2D eigenvalue weighted by atomic mass is 16.5. The van der Waals surface area contributed by atoms with Crippen LogP contribution in [0.5, 0.6) is 0 Å². The van der Waals surface area contributed by atoms with Crippen LogP contribution in [-0.2, 0) is 19.7 Å². The number of para-hydroxylation sites is 1. The fraction of sp³-hybridized carbons (Fsp3) is 0.348. The van der Waals surface area contributed by atoms with Crippen LogP contribution in [0, 0.1) is 5.41 Å². The molecule has 6 nitrogen and oxygen atoms in total. The van der Waals surface area contributed by atoms with Crippen molar-refractivity contribution < 1.29 is 19.1 Å². The van der Waals surface area contributed by atoms with Gasteiger partial charge in [-0.3, -0.25) is 9.59 Å². The summed E-state index contributed by atoms with van der Waals surface area (Å²) in [6.07, 6.45) is 0. The fourth-order valence-electron chi connectivity index (χ4n) is 2.76. The van der Waals surface area contributed by atoms with E-state index in [0.717, 1.165) is 5.56 Å². The molecule has 0 aliphatic rings. The minimum Gasteiger partial charge on any atom is -0.465 e. The number of hydrogen-bond acceptors (Lipinski definition) is 4. The number of nitrogens with one attached hydrogen (secondary N) is 2. The van der Waals surface area contributed by atoms with Gasteiger partial charge in [-0.05, 0) is 49.1 Å². The molecule has 2 rings (SSSR count). The monoisotopic (exact) mass is 396 g/mol. The third kappa shape index (κ3) is 5.22. The third-order valence-corrected chi connectivity index (χ3v) is 4.66. The van der Waals surface area contributed by atoms with Crippen molar-refractivity contribution >= 4 is 29.2 Å². The molecule has 0 aliphatic carbocycles. The number of hydrogen-bond donors (Lipinski definition) is 2. The highest BCUT2D eigenvalue weighted by Gasteiger charge is 2.37. The largest absolute Gasteiger partial charge is 0.465 e. The minimum atomic E-state index is -1.34. The number of carbonyl (C=O) groups excluding carboxylic acids is 3. The molecule has 154 valence electrons. The summed E-state index contributed by atoms with van der Waals surface area (Å²) in [5.74, 6) is -1.40. The van der Waals surface area contributed by atoms with E-state index in [1.807, 2.05) is 24.3 Å². The lowest BCUT2D eigenvalue weighted by Gasteiger charge is -2.26. The molecular formula is C23H28N2O4. The lowest BCUT2D eigenvalue weighted by molar-refractivity contribution is -0.135. The van der Waals surface area contributed by atoms with Gasteiger partial charge in [-0.1, -0.05) is 45.0 Å². The number of rotatable bonds is 5. The van der Waals surface area contributed by atoms with Gasteiger partial charge in [-0.15, -0.1) is 0 Å². The van der Waals surface area contributed by atoms with Crippen LogP contribution in [0.3, 0.4) is 0 Å². The molecule has 0 spiro atoms. The van der Waals surface area contributed by atoms with E-state index in [1.54, 1.807) is 32.0 Å². The second-order valence-corrected chi connectivity index (χ2v) is 8.40. The van der Waals surface area contributed by atoms with Crippen molar-refractivity contribution in [2.45, 2.75) is 40.0 Å². The van der Waals surface area contributed by atoms with Crippen molar-refractivity contribution in [1.82, 2.24) is 0 Å². The van der Waals surface area contributed by atoms with Gasteiger partial charge in [0.05, 0.1) is 12.7 Å². The number of methoxy groups -OCH3 is 1. The molecule has 6 heteroatoms. The SMILES string of the molecule is COC(=O)c1cccc(NC(=O)C(C)(C)C(=O)Nc2ccccc2C(C)(C)C)c1. The van der Waals surface area contributed by atoms with Crippen molar-refractivity contribution in [2.75, 3.05) is 17.7 Å². The summed E-state index contributed by atoms with van der Waals surface area (Å²) < 4.78 is 4.69. The average Bonchev–Trinajstić information content (AvgIpc) is 2.67. The zero-order valence-corrected chi connectivity index (χ0v) is 17.8. The summed E-state index contributed by atoms with van der Waals surface area (Å²) in [5.41, 5.74) is 0.881. The van der Waals surface area contributed by atoms with Crippen molar-refractivity contribution in [3.63, 3.8) is 0 Å². The zero-order valence-electron chi connectivity index (χ0n) is 17.8. The Hall–Kier alpha value is -3.15. The van der Waals surface area contributed by atoms with Crippen molar-refractivity contribution in [2.24, 2.45) is 5.41 Å². The maximum absolute atomic E-state index is 12.9. The third-order valence-electron chi connectivity index (χ3n) is 4.66. The number of carbonyl (C=O) groups is 3. The van der Waals surface area contributed by atoms with E-state index in [1.165, 1.54) is 13.2 Å². The summed E-state index contributed by atoms with van der Waals surface area (Å²) in [7, 11) is 1.29. The number of esters is 1. The highest BCUT2D eigenvalue weighted by molar-refractivity contribution is 6.14. The van der Waals surface area contributed by atoms with Gasteiger partial charge in [0.2, 0.25) is 11.8 Å². The van der Waals surface area contributed by atoms with Gasteiger partial charge in [0.25, 0.3) is 0 Å². The number of benzene rings is 2. The molecule has 0 unspecified atom stereocenters. The second-order valence-electron chi connectivity index (χ2n) is 8.40. The molecule has 0 radical (unpaired) electrons. The zero-order chi connectivity index (χ0) is 21.8. The molecule has 0 atom stereocenters. The van der Waals surface area contributed by atoms with Gasteiger partial charge in [-0.2, -0.15) is 0 Å². The Morgan fingerprint density at radius 2 is 1.45 bits per heavy atom. The normalized spacial score (nSPS) is 11.5. The van der Waals surface area contributed by atoms with Gasteiger partial charge >= 0.3 is 5.97 Å². The molecule has 0 bridgehead atoms. The first-order valence-corrected chi connectivity index (χ1v) is 9.37. The van der Waals surface area contributed by atoms with Gasteiger partial charge in [-0.25, -0.2) is 4.79 Å². The van der Waals surface area contributed by atoms with Crippen LogP contribution in [-0.4, -0.2) is 24.9 Å². The lowest BCUT2D eigenvalue weighted by Crippen LogP contribution is -2.42. The molecule has 0 saturated heterocycles. The van der Waals surface area contributed by atoms with Crippen molar-refractivity contribution in [3.05, 3.63) is 59.7 Å². The summed E-state index contributed by atoms with van der Waals surface area (Å²) in [6.45, 7) is 9.29. The van der Waals surface area contributed by atoms with Crippen LogP contribution in [0.25, 0.3) is 0 Å². The van der Waals surface area contributed by atoms with Gasteiger partial charge in [0, 0.05) is 11.4 Å². The first-order valence-electron chi connectivity index (χ1n) is 9.37. The Kier molecular flexibility index (Phi) is 6.47. The average molecular weight is 396 g/mol. The molecule has 0 heterocycles. The van der Waals surface area contributed by atoms with Crippen LogP contribution in [0.15, 0.2) is 48.5 Å². The van der Waals surface area contributed by atoms with E-state index in [4.69, 9.17) is 4.74 Å². The second kappa shape index (κ2) is 8.47. The molecule has 0 aliphatic heterocycles. The van der Waals surface area contributed by atoms with Gasteiger partial charge in [0.1, 0.15) is 5.41 Å². The Bertz CT molecular complexity index is 926. The molecule has 0 saturated carbocycles. The Balaban J connectivity index is 2.19. The summed E-state index contributed by atoms with van der Waals surface area (Å²) in [4.78, 5) is 37.4. The van der Waals surface area contributed by atoms with Crippen LogP contribution >= 0.6 is 0 Å². The Labute approximate surface area is 171 Å². The first-order chi connectivity index (χ1) is 13.5. The summed E-state index contributed by atoms with van der Waals surface area (Å²) >= 11 is 0. The number of ether oxygens (including phenoxy) is 1. The number of amides is 2. The molecule has 2 aromatic rings. The van der Waals surface area contributed by atoms with Crippen LogP contribution in [0.2, 0.25) is 0 Å². The van der Waals surface area contributed by atoms with Crippen molar-refractivity contribution in [1.29, 1.82) is 0 Å². The smallest absolute Gasteiger partial charge is 0.337 e. The van der Waals surface area contributed by atoms with Crippen LogP contribution in [0.1, 0.15) is 50.5 Å². The van der Waals surface area contributed by atoms with Gasteiger partial charge < -0.3 is 15.4 Å². The summed E-state index contributed by atoms with van der Waals surface area (Å²) in [6, 6.07) is 13.9. The molecular weight excluding hydrogens is 368 g/mol. The topological polar surface area (TPSA) is 84.5 Å². The van der Waals surface area contributed by atoms with Crippen LogP contribution < -0.4 is 10.6 Å². The predicted octanol–water partition coefficient (Wildman–Crippen LogP) is 4.37. The fourth-order valence-corrected chi connectivity index (χ4v) is 2.76. The van der Waals surface area contributed by atoms with Crippen molar-refractivity contribution in [3.8, 4) is 0 Å². The first kappa shape index (κ1) is 22.1. The molecule has 0 fully saturated rings.